The van der Waals surface area contributed by atoms with Crippen LogP contribution in [0.5, 0.6) is 0 Å². The summed E-state index contributed by atoms with van der Waals surface area (Å²) in [4.78, 5) is 24.5. The molecule has 1 aromatic carbocycles. The van der Waals surface area contributed by atoms with Gasteiger partial charge in [-0.3, -0.25) is 9.59 Å². The maximum Gasteiger partial charge on any atom is 0.317 e. The summed E-state index contributed by atoms with van der Waals surface area (Å²) in [6.07, 6.45) is 0.277. The van der Waals surface area contributed by atoms with Crippen molar-refractivity contribution in [2.45, 2.75) is 32.1 Å². The molecule has 0 spiro atoms. The van der Waals surface area contributed by atoms with Crippen molar-refractivity contribution in [3.63, 3.8) is 0 Å². The first kappa shape index (κ1) is 18.1. The quantitative estimate of drug-likeness (QED) is 0.758. The molecule has 0 aliphatic heterocycles. The second-order valence-electron chi connectivity index (χ2n) is 4.92. The van der Waals surface area contributed by atoms with Crippen LogP contribution in [0.4, 0.5) is 8.78 Å². The summed E-state index contributed by atoms with van der Waals surface area (Å²) in [6, 6.07) is 2.82. The van der Waals surface area contributed by atoms with Gasteiger partial charge >= 0.3 is 11.9 Å². The second kappa shape index (κ2) is 7.33. The van der Waals surface area contributed by atoms with Crippen molar-refractivity contribution >= 4 is 11.9 Å². The highest BCUT2D eigenvalue weighted by atomic mass is 19.1. The third-order valence-electron chi connectivity index (χ3n) is 4.01. The molecule has 0 aromatic heterocycles. The molecule has 0 heterocycles. The van der Waals surface area contributed by atoms with E-state index in [0.29, 0.717) is 0 Å². The molecule has 122 valence electrons. The molecule has 0 saturated heterocycles. The number of benzene rings is 1. The van der Waals surface area contributed by atoms with Crippen molar-refractivity contribution < 1.29 is 27.8 Å². The summed E-state index contributed by atoms with van der Waals surface area (Å²) in [6.45, 7) is 3.29. The number of rotatable bonds is 6. The lowest BCUT2D eigenvalue weighted by Crippen LogP contribution is -2.47. The number of carbonyl (C=O) groups is 2. The van der Waals surface area contributed by atoms with Gasteiger partial charge in [-0.05, 0) is 31.0 Å². The monoisotopic (exact) mass is 314 g/mol. The highest BCUT2D eigenvalue weighted by Crippen LogP contribution is 2.41. The maximum atomic E-state index is 14.3. The van der Waals surface area contributed by atoms with E-state index in [-0.39, 0.29) is 18.4 Å². The smallest absolute Gasteiger partial charge is 0.317 e. The SMILES string of the molecule is CCC(C(=O)OC)C(CC)(C(=O)OC)c1cc(F)ccc1F. The zero-order valence-corrected chi connectivity index (χ0v) is 13.1. The fourth-order valence-corrected chi connectivity index (χ4v) is 2.90. The molecule has 1 rings (SSSR count). The van der Waals surface area contributed by atoms with E-state index in [1.165, 1.54) is 7.11 Å². The minimum atomic E-state index is -1.64. The first-order valence-electron chi connectivity index (χ1n) is 7.00. The standard InChI is InChI=1S/C16H20F2O4/c1-5-11(14(19)21-3)16(6-2,15(20)22-4)12-9-10(17)7-8-13(12)18/h7-9,11H,5-6H2,1-4H3. The van der Waals surface area contributed by atoms with Gasteiger partial charge in [-0.15, -0.1) is 0 Å². The zero-order chi connectivity index (χ0) is 16.9. The predicted molar refractivity (Wildman–Crippen MR) is 76.1 cm³/mol. The minimum absolute atomic E-state index is 0.0631. The number of hydrogen-bond donors (Lipinski definition) is 0. The van der Waals surface area contributed by atoms with E-state index >= 15 is 0 Å². The molecule has 6 heteroatoms. The average Bonchev–Trinajstić information content (AvgIpc) is 2.53. The first-order chi connectivity index (χ1) is 10.4. The fourth-order valence-electron chi connectivity index (χ4n) is 2.90. The van der Waals surface area contributed by atoms with E-state index in [2.05, 4.69) is 0 Å². The Hall–Kier alpha value is -1.98. The van der Waals surface area contributed by atoms with Gasteiger partial charge in [0, 0.05) is 5.56 Å². The van der Waals surface area contributed by atoms with Crippen LogP contribution in [-0.4, -0.2) is 26.2 Å². The first-order valence-corrected chi connectivity index (χ1v) is 7.00. The Morgan fingerprint density at radius 1 is 1.18 bits per heavy atom. The van der Waals surface area contributed by atoms with Crippen LogP contribution in [0.15, 0.2) is 18.2 Å². The van der Waals surface area contributed by atoms with Crippen molar-refractivity contribution in [3.05, 3.63) is 35.4 Å². The Morgan fingerprint density at radius 2 is 1.82 bits per heavy atom. The van der Waals surface area contributed by atoms with Crippen LogP contribution < -0.4 is 0 Å². The average molecular weight is 314 g/mol. The number of hydrogen-bond acceptors (Lipinski definition) is 4. The molecule has 2 unspecified atom stereocenters. The van der Waals surface area contributed by atoms with Crippen molar-refractivity contribution in [1.82, 2.24) is 0 Å². The third kappa shape index (κ3) is 2.96. The molecule has 4 nitrogen and oxygen atoms in total. The predicted octanol–water partition coefficient (Wildman–Crippen LogP) is 2.98. The molecule has 0 aliphatic rings. The van der Waals surface area contributed by atoms with Crippen LogP contribution in [-0.2, 0) is 24.5 Å². The molecule has 0 N–H and O–H groups in total. The summed E-state index contributed by atoms with van der Waals surface area (Å²) in [5, 5.41) is 0. The Kier molecular flexibility index (Phi) is 6.02. The molecule has 0 aliphatic carbocycles. The number of esters is 2. The topological polar surface area (TPSA) is 52.6 Å². The van der Waals surface area contributed by atoms with Gasteiger partial charge < -0.3 is 9.47 Å². The lowest BCUT2D eigenvalue weighted by molar-refractivity contribution is -0.161. The summed E-state index contributed by atoms with van der Waals surface area (Å²) in [7, 11) is 2.33. The van der Waals surface area contributed by atoms with Gasteiger partial charge in [0.15, 0.2) is 0 Å². The van der Waals surface area contributed by atoms with Crippen LogP contribution in [0.2, 0.25) is 0 Å². The van der Waals surface area contributed by atoms with E-state index in [1.807, 2.05) is 0 Å². The van der Waals surface area contributed by atoms with Crippen molar-refractivity contribution in [2.75, 3.05) is 14.2 Å². The molecule has 1 aromatic rings. The van der Waals surface area contributed by atoms with Gasteiger partial charge in [-0.2, -0.15) is 0 Å². The summed E-state index contributed by atoms with van der Waals surface area (Å²) >= 11 is 0. The number of ether oxygens (including phenoxy) is 2. The molecular formula is C16H20F2O4. The van der Waals surface area contributed by atoms with Gasteiger partial charge in [-0.25, -0.2) is 8.78 Å². The summed E-state index contributed by atoms with van der Waals surface area (Å²) < 4.78 is 37.4. The molecule has 0 radical (unpaired) electrons. The number of carbonyl (C=O) groups excluding carboxylic acids is 2. The lowest BCUT2D eigenvalue weighted by atomic mass is 9.67. The Labute approximate surface area is 128 Å². The van der Waals surface area contributed by atoms with Gasteiger partial charge in [-0.1, -0.05) is 13.8 Å². The lowest BCUT2D eigenvalue weighted by Gasteiger charge is -2.36. The summed E-state index contributed by atoms with van der Waals surface area (Å²) in [5.41, 5.74) is -1.83. The number of methoxy groups -OCH3 is 2. The maximum absolute atomic E-state index is 14.3. The van der Waals surface area contributed by atoms with Crippen LogP contribution in [0, 0.1) is 17.6 Å². The van der Waals surface area contributed by atoms with Gasteiger partial charge in [0.25, 0.3) is 0 Å². The molecule has 22 heavy (non-hydrogen) atoms. The van der Waals surface area contributed by atoms with Gasteiger partial charge in [0.2, 0.25) is 0 Å². The van der Waals surface area contributed by atoms with Crippen molar-refractivity contribution in [3.8, 4) is 0 Å². The Bertz CT molecular complexity index is 559. The van der Waals surface area contributed by atoms with Crippen LogP contribution in [0.3, 0.4) is 0 Å². The third-order valence-corrected chi connectivity index (χ3v) is 4.01. The Morgan fingerprint density at radius 3 is 2.27 bits per heavy atom. The molecule has 0 fully saturated rings. The van der Waals surface area contributed by atoms with E-state index in [1.54, 1.807) is 13.8 Å². The molecule has 0 amide bonds. The molecular weight excluding hydrogens is 294 g/mol. The van der Waals surface area contributed by atoms with Crippen molar-refractivity contribution in [1.29, 1.82) is 0 Å². The highest BCUT2D eigenvalue weighted by molar-refractivity contribution is 5.90. The largest absolute Gasteiger partial charge is 0.469 e. The normalized spacial score (nSPS) is 14.8. The Balaban J connectivity index is 3.68. The van der Waals surface area contributed by atoms with Gasteiger partial charge in [0.05, 0.1) is 20.1 Å². The minimum Gasteiger partial charge on any atom is -0.469 e. The summed E-state index contributed by atoms with van der Waals surface area (Å²) in [5.74, 6) is -3.91. The second-order valence-corrected chi connectivity index (χ2v) is 4.92. The highest BCUT2D eigenvalue weighted by Gasteiger charge is 2.51. The van der Waals surface area contributed by atoms with Crippen LogP contribution in [0.25, 0.3) is 0 Å². The van der Waals surface area contributed by atoms with Crippen LogP contribution >= 0.6 is 0 Å². The molecule has 0 saturated carbocycles. The number of halogens is 2. The van der Waals surface area contributed by atoms with E-state index < -0.39 is 34.9 Å². The fraction of sp³-hybridized carbons (Fsp3) is 0.500. The van der Waals surface area contributed by atoms with Crippen LogP contribution in [0.1, 0.15) is 32.3 Å². The van der Waals surface area contributed by atoms with E-state index in [0.717, 1.165) is 25.3 Å². The van der Waals surface area contributed by atoms with Gasteiger partial charge in [0.1, 0.15) is 17.0 Å². The van der Waals surface area contributed by atoms with Crippen molar-refractivity contribution in [2.24, 2.45) is 5.92 Å². The van der Waals surface area contributed by atoms with E-state index in [9.17, 15) is 18.4 Å². The zero-order valence-electron chi connectivity index (χ0n) is 13.1. The van der Waals surface area contributed by atoms with E-state index in [4.69, 9.17) is 9.47 Å². The molecule has 0 bridgehead atoms. The molecule has 2 atom stereocenters.